The molecule has 0 saturated carbocycles. The first-order valence-electron chi connectivity index (χ1n) is 7.87. The monoisotopic (exact) mass is 451 g/mol. The average molecular weight is 453 g/mol. The Kier molecular flexibility index (Phi) is 5.42. The molecule has 0 unspecified atom stereocenters. The van der Waals surface area contributed by atoms with Gasteiger partial charge in [0, 0.05) is 6.07 Å². The molecule has 3 aromatic rings. The van der Waals surface area contributed by atoms with E-state index >= 15 is 0 Å². The SMILES string of the molecule is CC(C)(Nc1cc(=O)n(-c2c(Cl)cccc2Cl)nc1Br)c1ccccc1. The van der Waals surface area contributed by atoms with E-state index in [1.54, 1.807) is 18.2 Å². The molecule has 1 N–H and O–H groups in total. The lowest BCUT2D eigenvalue weighted by Gasteiger charge is -2.28. The Labute approximate surface area is 169 Å². The van der Waals surface area contributed by atoms with Crippen LogP contribution in [0, 0.1) is 0 Å². The number of para-hydroxylation sites is 1. The molecular formula is C19H16BrCl2N3O. The third kappa shape index (κ3) is 3.80. The number of benzene rings is 2. The molecule has 0 aliphatic heterocycles. The van der Waals surface area contributed by atoms with Gasteiger partial charge in [-0.25, -0.2) is 0 Å². The molecule has 0 bridgehead atoms. The summed E-state index contributed by atoms with van der Waals surface area (Å²) in [5.74, 6) is 0. The lowest BCUT2D eigenvalue weighted by molar-refractivity contribution is 0.606. The smallest absolute Gasteiger partial charge is 0.273 e. The Morgan fingerprint density at radius 2 is 1.65 bits per heavy atom. The average Bonchev–Trinajstić information content (AvgIpc) is 2.59. The largest absolute Gasteiger partial charge is 0.374 e. The number of nitrogens with zero attached hydrogens (tertiary/aromatic N) is 2. The Bertz CT molecular complexity index is 983. The van der Waals surface area contributed by atoms with Crippen molar-refractivity contribution in [2.45, 2.75) is 19.4 Å². The van der Waals surface area contributed by atoms with Crippen LogP contribution < -0.4 is 10.9 Å². The molecule has 0 aliphatic rings. The number of halogens is 3. The maximum Gasteiger partial charge on any atom is 0.273 e. The molecule has 0 saturated heterocycles. The van der Waals surface area contributed by atoms with Gasteiger partial charge >= 0.3 is 0 Å². The lowest BCUT2D eigenvalue weighted by Crippen LogP contribution is -2.30. The van der Waals surface area contributed by atoms with Gasteiger partial charge in [-0.3, -0.25) is 4.79 Å². The normalized spacial score (nSPS) is 11.4. The summed E-state index contributed by atoms with van der Waals surface area (Å²) in [6, 6.07) is 16.5. The predicted molar refractivity (Wildman–Crippen MR) is 111 cm³/mol. The Balaban J connectivity index is 2.02. The molecule has 0 spiro atoms. The summed E-state index contributed by atoms with van der Waals surface area (Å²) in [6.07, 6.45) is 0. The van der Waals surface area contributed by atoms with Crippen molar-refractivity contribution in [1.82, 2.24) is 9.78 Å². The van der Waals surface area contributed by atoms with Crippen molar-refractivity contribution in [2.24, 2.45) is 0 Å². The molecule has 0 aliphatic carbocycles. The molecule has 26 heavy (non-hydrogen) atoms. The molecule has 3 rings (SSSR count). The van der Waals surface area contributed by atoms with Crippen LogP contribution in [0.5, 0.6) is 0 Å². The van der Waals surface area contributed by atoms with Crippen molar-refractivity contribution in [3.63, 3.8) is 0 Å². The molecule has 4 nitrogen and oxygen atoms in total. The van der Waals surface area contributed by atoms with Crippen LogP contribution in [0.3, 0.4) is 0 Å². The van der Waals surface area contributed by atoms with E-state index < -0.39 is 5.54 Å². The van der Waals surface area contributed by atoms with Gasteiger partial charge in [0.2, 0.25) is 0 Å². The first kappa shape index (κ1) is 19.0. The van der Waals surface area contributed by atoms with Gasteiger partial charge in [0.25, 0.3) is 5.56 Å². The quantitative estimate of drug-likeness (QED) is 0.556. The number of anilines is 1. The molecule has 0 radical (unpaired) electrons. The highest BCUT2D eigenvalue weighted by Gasteiger charge is 2.22. The van der Waals surface area contributed by atoms with Gasteiger partial charge in [0.1, 0.15) is 10.3 Å². The number of nitrogens with one attached hydrogen (secondary N) is 1. The van der Waals surface area contributed by atoms with Crippen molar-refractivity contribution >= 4 is 44.8 Å². The van der Waals surface area contributed by atoms with Gasteiger partial charge in [0.15, 0.2) is 0 Å². The Morgan fingerprint density at radius 1 is 1.04 bits per heavy atom. The van der Waals surface area contributed by atoms with Crippen LogP contribution in [0.1, 0.15) is 19.4 Å². The molecule has 0 fully saturated rings. The van der Waals surface area contributed by atoms with E-state index in [4.69, 9.17) is 23.2 Å². The van der Waals surface area contributed by atoms with E-state index in [1.807, 2.05) is 44.2 Å². The second-order valence-corrected chi connectivity index (χ2v) is 7.85. The van der Waals surface area contributed by atoms with Crippen molar-refractivity contribution in [3.8, 4) is 5.69 Å². The number of aromatic nitrogens is 2. The van der Waals surface area contributed by atoms with Gasteiger partial charge in [0.05, 0.1) is 21.3 Å². The van der Waals surface area contributed by atoms with Crippen molar-refractivity contribution in [2.75, 3.05) is 5.32 Å². The third-order valence-electron chi connectivity index (χ3n) is 3.98. The summed E-state index contributed by atoms with van der Waals surface area (Å²) in [6.45, 7) is 4.07. The van der Waals surface area contributed by atoms with Gasteiger partial charge < -0.3 is 5.32 Å². The highest BCUT2D eigenvalue weighted by atomic mass is 79.9. The Hall–Kier alpha value is -1.82. The second kappa shape index (κ2) is 7.43. The molecule has 0 amide bonds. The number of hydrogen-bond donors (Lipinski definition) is 1. The fourth-order valence-electron chi connectivity index (χ4n) is 2.64. The molecular weight excluding hydrogens is 437 g/mol. The van der Waals surface area contributed by atoms with Crippen LogP contribution in [0.4, 0.5) is 5.69 Å². The van der Waals surface area contributed by atoms with E-state index in [0.717, 1.165) is 5.56 Å². The van der Waals surface area contributed by atoms with Crippen molar-refractivity contribution < 1.29 is 0 Å². The van der Waals surface area contributed by atoms with Gasteiger partial charge in [-0.2, -0.15) is 9.78 Å². The summed E-state index contributed by atoms with van der Waals surface area (Å²) >= 11 is 15.8. The highest BCUT2D eigenvalue weighted by Crippen LogP contribution is 2.30. The topological polar surface area (TPSA) is 46.9 Å². The zero-order chi connectivity index (χ0) is 18.9. The molecule has 134 valence electrons. The molecule has 0 atom stereocenters. The lowest BCUT2D eigenvalue weighted by atomic mass is 9.94. The maximum atomic E-state index is 12.6. The standard InChI is InChI=1S/C19H16BrCl2N3O/c1-19(2,12-7-4-3-5-8-12)23-15-11-16(26)25(24-18(15)20)17-13(21)9-6-10-14(17)22/h3-11,23H,1-2H3. The summed E-state index contributed by atoms with van der Waals surface area (Å²) < 4.78 is 1.67. The number of hydrogen-bond acceptors (Lipinski definition) is 3. The summed E-state index contributed by atoms with van der Waals surface area (Å²) in [7, 11) is 0. The van der Waals surface area contributed by atoms with E-state index in [0.29, 0.717) is 26.0 Å². The molecule has 1 heterocycles. The van der Waals surface area contributed by atoms with Crippen LogP contribution in [0.15, 0.2) is 64.0 Å². The van der Waals surface area contributed by atoms with Gasteiger partial charge in [-0.1, -0.05) is 59.6 Å². The van der Waals surface area contributed by atoms with Crippen molar-refractivity contribution in [1.29, 1.82) is 0 Å². The zero-order valence-electron chi connectivity index (χ0n) is 14.1. The molecule has 2 aromatic carbocycles. The first-order chi connectivity index (χ1) is 12.3. The summed E-state index contributed by atoms with van der Waals surface area (Å²) in [5, 5.41) is 8.40. The Morgan fingerprint density at radius 3 is 2.27 bits per heavy atom. The van der Waals surface area contributed by atoms with Crippen LogP contribution in [-0.4, -0.2) is 9.78 Å². The van der Waals surface area contributed by atoms with E-state index in [2.05, 4.69) is 26.3 Å². The van der Waals surface area contributed by atoms with E-state index in [1.165, 1.54) is 10.7 Å². The van der Waals surface area contributed by atoms with Crippen LogP contribution in [-0.2, 0) is 5.54 Å². The van der Waals surface area contributed by atoms with Crippen LogP contribution >= 0.6 is 39.1 Å². The van der Waals surface area contributed by atoms with Crippen molar-refractivity contribution in [3.05, 3.63) is 85.2 Å². The zero-order valence-corrected chi connectivity index (χ0v) is 17.2. The first-order valence-corrected chi connectivity index (χ1v) is 9.42. The van der Waals surface area contributed by atoms with Crippen LogP contribution in [0.2, 0.25) is 10.0 Å². The molecule has 1 aromatic heterocycles. The molecule has 7 heteroatoms. The van der Waals surface area contributed by atoms with E-state index in [-0.39, 0.29) is 5.56 Å². The van der Waals surface area contributed by atoms with E-state index in [9.17, 15) is 4.79 Å². The minimum atomic E-state index is -0.397. The number of rotatable bonds is 4. The third-order valence-corrected chi connectivity index (χ3v) is 5.17. The van der Waals surface area contributed by atoms with Gasteiger partial charge in [-0.05, 0) is 47.5 Å². The van der Waals surface area contributed by atoms with Gasteiger partial charge in [-0.15, -0.1) is 0 Å². The summed E-state index contributed by atoms with van der Waals surface area (Å²) in [4.78, 5) is 12.6. The van der Waals surface area contributed by atoms with Crippen LogP contribution in [0.25, 0.3) is 5.69 Å². The second-order valence-electron chi connectivity index (χ2n) is 6.29. The predicted octanol–water partition coefficient (Wildman–Crippen LogP) is 5.65. The maximum absolute atomic E-state index is 12.6. The minimum absolute atomic E-state index is 0.338. The fourth-order valence-corrected chi connectivity index (χ4v) is 3.57. The summed E-state index contributed by atoms with van der Waals surface area (Å²) in [5.41, 5.74) is 1.30. The minimum Gasteiger partial charge on any atom is -0.374 e. The fraction of sp³-hybridized carbons (Fsp3) is 0.158. The highest BCUT2D eigenvalue weighted by molar-refractivity contribution is 9.10.